The van der Waals surface area contributed by atoms with Gasteiger partial charge in [-0.1, -0.05) is 60.1 Å². The quantitative estimate of drug-likeness (QED) is 0.496. The molecule has 0 amide bonds. The SMILES string of the molecule is CCCn1c(SCc2ccccc2Cl)nnc1-c1ccc(Cl)cc1. The molecule has 1 aromatic heterocycles. The van der Waals surface area contributed by atoms with E-state index in [1.54, 1.807) is 11.8 Å². The first kappa shape index (κ1) is 17.3. The highest BCUT2D eigenvalue weighted by atomic mass is 35.5. The fraction of sp³-hybridized carbons (Fsp3) is 0.222. The van der Waals surface area contributed by atoms with E-state index in [0.717, 1.165) is 45.8 Å². The summed E-state index contributed by atoms with van der Waals surface area (Å²) in [5.74, 6) is 1.64. The second-order valence-electron chi connectivity index (χ2n) is 5.34. The van der Waals surface area contributed by atoms with Crippen molar-refractivity contribution in [2.45, 2.75) is 30.8 Å². The Morgan fingerprint density at radius 3 is 2.46 bits per heavy atom. The second-order valence-corrected chi connectivity index (χ2v) is 7.13. The molecular weight excluding hydrogens is 361 g/mol. The van der Waals surface area contributed by atoms with Gasteiger partial charge in [-0.05, 0) is 42.3 Å². The van der Waals surface area contributed by atoms with Gasteiger partial charge >= 0.3 is 0 Å². The average Bonchev–Trinajstić information content (AvgIpc) is 2.98. The van der Waals surface area contributed by atoms with E-state index in [1.165, 1.54) is 0 Å². The predicted molar refractivity (Wildman–Crippen MR) is 102 cm³/mol. The monoisotopic (exact) mass is 377 g/mol. The molecule has 0 aliphatic rings. The third-order valence-corrected chi connectivity index (χ3v) is 5.22. The fourth-order valence-corrected chi connectivity index (χ4v) is 3.77. The zero-order valence-corrected chi connectivity index (χ0v) is 15.6. The lowest BCUT2D eigenvalue weighted by Gasteiger charge is -2.09. The van der Waals surface area contributed by atoms with Gasteiger partial charge in [-0.15, -0.1) is 10.2 Å². The van der Waals surface area contributed by atoms with Crippen LogP contribution in [-0.4, -0.2) is 14.8 Å². The number of thioether (sulfide) groups is 1. The lowest BCUT2D eigenvalue weighted by Crippen LogP contribution is -2.02. The van der Waals surface area contributed by atoms with Crippen molar-refractivity contribution in [3.63, 3.8) is 0 Å². The zero-order valence-electron chi connectivity index (χ0n) is 13.2. The summed E-state index contributed by atoms with van der Waals surface area (Å²) in [6.07, 6.45) is 1.01. The fourth-order valence-electron chi connectivity index (χ4n) is 2.39. The highest BCUT2D eigenvalue weighted by molar-refractivity contribution is 7.98. The van der Waals surface area contributed by atoms with E-state index in [-0.39, 0.29) is 0 Å². The van der Waals surface area contributed by atoms with Gasteiger partial charge in [0.05, 0.1) is 0 Å². The van der Waals surface area contributed by atoms with Crippen LogP contribution in [0.4, 0.5) is 0 Å². The summed E-state index contributed by atoms with van der Waals surface area (Å²) in [6, 6.07) is 15.6. The smallest absolute Gasteiger partial charge is 0.191 e. The summed E-state index contributed by atoms with van der Waals surface area (Å²) in [5, 5.41) is 11.2. The number of hydrogen-bond acceptors (Lipinski definition) is 3. The molecule has 3 aromatic rings. The van der Waals surface area contributed by atoms with Gasteiger partial charge in [-0.3, -0.25) is 0 Å². The van der Waals surface area contributed by atoms with E-state index in [1.807, 2.05) is 48.5 Å². The van der Waals surface area contributed by atoms with Crippen molar-refractivity contribution in [2.75, 3.05) is 0 Å². The summed E-state index contributed by atoms with van der Waals surface area (Å²) in [5.41, 5.74) is 2.12. The lowest BCUT2D eigenvalue weighted by molar-refractivity contribution is 0.626. The van der Waals surface area contributed by atoms with Crippen molar-refractivity contribution in [1.82, 2.24) is 14.8 Å². The minimum absolute atomic E-state index is 0.716. The van der Waals surface area contributed by atoms with Gasteiger partial charge in [0, 0.05) is 27.9 Å². The molecule has 0 saturated heterocycles. The van der Waals surface area contributed by atoms with Crippen LogP contribution >= 0.6 is 35.0 Å². The maximum Gasteiger partial charge on any atom is 0.191 e. The minimum atomic E-state index is 0.716. The van der Waals surface area contributed by atoms with Gasteiger partial charge in [0.1, 0.15) is 0 Å². The standard InChI is InChI=1S/C18H17Cl2N3S/c1-2-11-23-17(13-7-9-15(19)10-8-13)21-22-18(23)24-12-14-5-3-4-6-16(14)20/h3-10H,2,11-12H2,1H3. The van der Waals surface area contributed by atoms with Crippen molar-refractivity contribution in [3.8, 4) is 11.4 Å². The van der Waals surface area contributed by atoms with Crippen LogP contribution < -0.4 is 0 Å². The molecule has 0 bridgehead atoms. The van der Waals surface area contributed by atoms with Crippen LogP contribution in [0.1, 0.15) is 18.9 Å². The molecular formula is C18H17Cl2N3S. The van der Waals surface area contributed by atoms with Gasteiger partial charge < -0.3 is 4.57 Å². The Morgan fingerprint density at radius 2 is 1.75 bits per heavy atom. The third kappa shape index (κ3) is 3.94. The van der Waals surface area contributed by atoms with Gasteiger partial charge in [0.15, 0.2) is 11.0 Å². The molecule has 0 saturated carbocycles. The topological polar surface area (TPSA) is 30.7 Å². The molecule has 2 aromatic carbocycles. The second kappa shape index (κ2) is 8.06. The van der Waals surface area contributed by atoms with Gasteiger partial charge in [-0.2, -0.15) is 0 Å². The Kier molecular flexibility index (Phi) is 5.82. The van der Waals surface area contributed by atoms with Crippen molar-refractivity contribution in [2.24, 2.45) is 0 Å². The third-order valence-electron chi connectivity index (χ3n) is 3.58. The number of rotatable bonds is 6. The summed E-state index contributed by atoms with van der Waals surface area (Å²) in [6.45, 7) is 3.02. The normalized spacial score (nSPS) is 11.0. The molecule has 3 rings (SSSR count). The van der Waals surface area contributed by atoms with Gasteiger partial charge in [0.2, 0.25) is 0 Å². The van der Waals surface area contributed by atoms with Crippen molar-refractivity contribution < 1.29 is 0 Å². The Bertz CT molecular complexity index is 815. The maximum atomic E-state index is 6.24. The number of halogens is 2. The molecule has 24 heavy (non-hydrogen) atoms. The first-order chi connectivity index (χ1) is 11.7. The largest absolute Gasteiger partial charge is 0.302 e. The molecule has 0 radical (unpaired) electrons. The minimum Gasteiger partial charge on any atom is -0.302 e. The maximum absolute atomic E-state index is 6.24. The van der Waals surface area contributed by atoms with E-state index in [2.05, 4.69) is 21.7 Å². The van der Waals surface area contributed by atoms with Crippen LogP contribution in [0.5, 0.6) is 0 Å². The molecule has 0 aliphatic heterocycles. The van der Waals surface area contributed by atoms with Crippen LogP contribution in [0.3, 0.4) is 0 Å². The molecule has 6 heteroatoms. The molecule has 0 N–H and O–H groups in total. The molecule has 1 heterocycles. The number of hydrogen-bond donors (Lipinski definition) is 0. The molecule has 0 fully saturated rings. The number of nitrogens with zero attached hydrogens (tertiary/aromatic N) is 3. The van der Waals surface area contributed by atoms with E-state index in [9.17, 15) is 0 Å². The van der Waals surface area contributed by atoms with Crippen LogP contribution in [0.15, 0.2) is 53.7 Å². The van der Waals surface area contributed by atoms with E-state index < -0.39 is 0 Å². The van der Waals surface area contributed by atoms with Crippen LogP contribution in [-0.2, 0) is 12.3 Å². The van der Waals surface area contributed by atoms with Gasteiger partial charge in [-0.25, -0.2) is 0 Å². The first-order valence-electron chi connectivity index (χ1n) is 7.74. The van der Waals surface area contributed by atoms with E-state index in [4.69, 9.17) is 23.2 Å². The molecule has 3 nitrogen and oxygen atoms in total. The summed E-state index contributed by atoms with van der Waals surface area (Å²) < 4.78 is 2.16. The Labute approximate surface area is 156 Å². The highest BCUT2D eigenvalue weighted by Gasteiger charge is 2.14. The molecule has 0 atom stereocenters. The molecule has 0 spiro atoms. The Morgan fingerprint density at radius 1 is 1.00 bits per heavy atom. The number of aromatic nitrogens is 3. The summed E-state index contributed by atoms with van der Waals surface area (Å²) in [7, 11) is 0. The van der Waals surface area contributed by atoms with E-state index in [0.29, 0.717) is 5.02 Å². The van der Waals surface area contributed by atoms with Crippen LogP contribution in [0.25, 0.3) is 11.4 Å². The molecule has 0 aliphatic carbocycles. The predicted octanol–water partition coefficient (Wildman–Crippen LogP) is 5.95. The molecule has 0 unspecified atom stereocenters. The van der Waals surface area contributed by atoms with Crippen molar-refractivity contribution in [3.05, 3.63) is 64.1 Å². The zero-order chi connectivity index (χ0) is 16.9. The summed E-state index contributed by atoms with van der Waals surface area (Å²) >= 11 is 13.9. The first-order valence-corrected chi connectivity index (χ1v) is 9.48. The van der Waals surface area contributed by atoms with Crippen LogP contribution in [0.2, 0.25) is 10.0 Å². The van der Waals surface area contributed by atoms with E-state index >= 15 is 0 Å². The molecule has 124 valence electrons. The number of benzene rings is 2. The Balaban J connectivity index is 1.86. The van der Waals surface area contributed by atoms with Crippen molar-refractivity contribution >= 4 is 35.0 Å². The van der Waals surface area contributed by atoms with Crippen LogP contribution in [0, 0.1) is 0 Å². The Hall–Kier alpha value is -1.49. The average molecular weight is 378 g/mol. The van der Waals surface area contributed by atoms with Crippen molar-refractivity contribution in [1.29, 1.82) is 0 Å². The van der Waals surface area contributed by atoms with Gasteiger partial charge in [0.25, 0.3) is 0 Å². The lowest BCUT2D eigenvalue weighted by atomic mass is 10.2. The highest BCUT2D eigenvalue weighted by Crippen LogP contribution is 2.29. The summed E-state index contributed by atoms with van der Waals surface area (Å²) in [4.78, 5) is 0.